The molecule has 1 saturated heterocycles. The predicted octanol–water partition coefficient (Wildman–Crippen LogP) is 1.57. The Morgan fingerprint density at radius 1 is 1.25 bits per heavy atom. The van der Waals surface area contributed by atoms with Gasteiger partial charge in [-0.1, -0.05) is 0 Å². The van der Waals surface area contributed by atoms with Gasteiger partial charge < -0.3 is 19.4 Å². The van der Waals surface area contributed by atoms with E-state index in [1.807, 2.05) is 17.0 Å². The molecule has 0 aliphatic carbocycles. The molecule has 20 heavy (non-hydrogen) atoms. The zero-order valence-electron chi connectivity index (χ0n) is 10.8. The summed E-state index contributed by atoms with van der Waals surface area (Å²) in [5, 5.41) is 3.24. The molecule has 0 spiro atoms. The number of halogens is 1. The normalized spacial score (nSPS) is 15.3. The first-order chi connectivity index (χ1) is 9.81. The van der Waals surface area contributed by atoms with E-state index in [-0.39, 0.29) is 5.28 Å². The summed E-state index contributed by atoms with van der Waals surface area (Å²) < 4.78 is 10.5. The molecule has 0 saturated carbocycles. The molecule has 8 heteroatoms. The van der Waals surface area contributed by atoms with Crippen molar-refractivity contribution in [3.05, 3.63) is 29.4 Å². The average Bonchev–Trinajstić information content (AvgIpc) is 2.99. The highest BCUT2D eigenvalue weighted by Gasteiger charge is 2.16. The second-order valence-corrected chi connectivity index (χ2v) is 4.60. The van der Waals surface area contributed by atoms with Crippen molar-refractivity contribution in [3.63, 3.8) is 0 Å². The van der Waals surface area contributed by atoms with Gasteiger partial charge in [-0.25, -0.2) is 0 Å². The number of ether oxygens (including phenoxy) is 1. The van der Waals surface area contributed by atoms with Crippen LogP contribution < -0.4 is 10.2 Å². The largest absolute Gasteiger partial charge is 0.467 e. The van der Waals surface area contributed by atoms with Crippen LogP contribution in [0.25, 0.3) is 0 Å². The fourth-order valence-electron chi connectivity index (χ4n) is 1.90. The van der Waals surface area contributed by atoms with Gasteiger partial charge in [0.1, 0.15) is 5.76 Å². The van der Waals surface area contributed by atoms with Crippen LogP contribution in [-0.4, -0.2) is 41.3 Å². The molecule has 106 valence electrons. The molecule has 3 rings (SSSR count). The van der Waals surface area contributed by atoms with E-state index >= 15 is 0 Å². The minimum absolute atomic E-state index is 0.170. The lowest BCUT2D eigenvalue weighted by Gasteiger charge is -2.26. The second-order valence-electron chi connectivity index (χ2n) is 4.26. The van der Waals surface area contributed by atoms with Crippen LogP contribution >= 0.6 is 11.6 Å². The summed E-state index contributed by atoms with van der Waals surface area (Å²) in [5.41, 5.74) is 0. The van der Waals surface area contributed by atoms with E-state index in [2.05, 4.69) is 20.3 Å². The molecule has 7 nitrogen and oxygen atoms in total. The summed E-state index contributed by atoms with van der Waals surface area (Å²) in [5.74, 6) is 1.80. The number of rotatable bonds is 4. The van der Waals surface area contributed by atoms with E-state index in [0.29, 0.717) is 31.7 Å². The highest BCUT2D eigenvalue weighted by atomic mass is 35.5. The molecule has 0 atom stereocenters. The van der Waals surface area contributed by atoms with Crippen molar-refractivity contribution in [1.29, 1.82) is 0 Å². The average molecular weight is 296 g/mol. The molecule has 1 N–H and O–H groups in total. The van der Waals surface area contributed by atoms with Crippen molar-refractivity contribution in [2.45, 2.75) is 6.54 Å². The first-order valence-electron chi connectivity index (χ1n) is 6.32. The van der Waals surface area contributed by atoms with Crippen LogP contribution in [0.1, 0.15) is 5.76 Å². The van der Waals surface area contributed by atoms with Crippen LogP contribution in [-0.2, 0) is 11.3 Å². The number of hydrogen-bond donors (Lipinski definition) is 1. The Kier molecular flexibility index (Phi) is 3.98. The van der Waals surface area contributed by atoms with Gasteiger partial charge in [0, 0.05) is 13.1 Å². The van der Waals surface area contributed by atoms with Gasteiger partial charge in [-0.05, 0) is 23.7 Å². The highest BCUT2D eigenvalue weighted by Crippen LogP contribution is 2.15. The Hall–Kier alpha value is -1.86. The maximum Gasteiger partial charge on any atom is 0.231 e. The number of nitrogens with one attached hydrogen (secondary N) is 1. The van der Waals surface area contributed by atoms with E-state index in [0.717, 1.165) is 18.8 Å². The summed E-state index contributed by atoms with van der Waals surface area (Å²) in [4.78, 5) is 14.6. The van der Waals surface area contributed by atoms with Gasteiger partial charge in [0.15, 0.2) is 0 Å². The molecule has 1 fully saturated rings. The van der Waals surface area contributed by atoms with E-state index < -0.39 is 0 Å². The first kappa shape index (κ1) is 13.1. The van der Waals surface area contributed by atoms with Crippen molar-refractivity contribution in [2.24, 2.45) is 0 Å². The zero-order valence-corrected chi connectivity index (χ0v) is 11.5. The number of nitrogens with zero attached hydrogens (tertiary/aromatic N) is 4. The van der Waals surface area contributed by atoms with Crippen molar-refractivity contribution in [1.82, 2.24) is 15.0 Å². The fourth-order valence-corrected chi connectivity index (χ4v) is 2.06. The zero-order chi connectivity index (χ0) is 13.8. The second kappa shape index (κ2) is 6.06. The van der Waals surface area contributed by atoms with Gasteiger partial charge >= 0.3 is 0 Å². The van der Waals surface area contributed by atoms with E-state index in [1.54, 1.807) is 6.26 Å². The highest BCUT2D eigenvalue weighted by molar-refractivity contribution is 6.28. The maximum atomic E-state index is 5.95. The molecular weight excluding hydrogens is 282 g/mol. The lowest BCUT2D eigenvalue weighted by Crippen LogP contribution is -2.37. The Labute approximate surface area is 120 Å². The number of anilines is 2. The van der Waals surface area contributed by atoms with Gasteiger partial charge in [0.05, 0.1) is 26.0 Å². The Balaban J connectivity index is 1.72. The number of hydrogen-bond acceptors (Lipinski definition) is 7. The minimum atomic E-state index is 0.170. The van der Waals surface area contributed by atoms with Gasteiger partial charge in [0.2, 0.25) is 17.2 Å². The lowest BCUT2D eigenvalue weighted by molar-refractivity contribution is 0.122. The van der Waals surface area contributed by atoms with Gasteiger partial charge in [-0.2, -0.15) is 15.0 Å². The van der Waals surface area contributed by atoms with E-state index in [1.165, 1.54) is 0 Å². The van der Waals surface area contributed by atoms with Crippen molar-refractivity contribution < 1.29 is 9.15 Å². The monoisotopic (exact) mass is 295 g/mol. The molecule has 0 amide bonds. The molecule has 0 unspecified atom stereocenters. The van der Waals surface area contributed by atoms with Crippen molar-refractivity contribution in [3.8, 4) is 0 Å². The van der Waals surface area contributed by atoms with Crippen LogP contribution in [0.15, 0.2) is 22.8 Å². The molecule has 0 radical (unpaired) electrons. The lowest BCUT2D eigenvalue weighted by atomic mass is 10.4. The molecule has 2 aromatic heterocycles. The van der Waals surface area contributed by atoms with Gasteiger partial charge in [0.25, 0.3) is 0 Å². The Bertz CT molecular complexity index is 557. The van der Waals surface area contributed by atoms with Crippen molar-refractivity contribution >= 4 is 23.5 Å². The van der Waals surface area contributed by atoms with Crippen LogP contribution in [0, 0.1) is 0 Å². The summed E-state index contributed by atoms with van der Waals surface area (Å²) in [6.07, 6.45) is 1.62. The van der Waals surface area contributed by atoms with Gasteiger partial charge in [-0.3, -0.25) is 0 Å². The molecule has 3 heterocycles. The Morgan fingerprint density at radius 3 is 2.85 bits per heavy atom. The summed E-state index contributed by atoms with van der Waals surface area (Å²) in [6.45, 7) is 3.32. The third-order valence-corrected chi connectivity index (χ3v) is 3.06. The van der Waals surface area contributed by atoms with Crippen LogP contribution in [0.3, 0.4) is 0 Å². The quantitative estimate of drug-likeness (QED) is 0.917. The van der Waals surface area contributed by atoms with Crippen LogP contribution in [0.4, 0.5) is 11.9 Å². The molecular formula is C12H14ClN5O2. The first-order valence-corrected chi connectivity index (χ1v) is 6.69. The standard InChI is InChI=1S/C12H14ClN5O2/c13-10-15-11(14-8-9-2-1-5-20-9)17-12(16-10)18-3-6-19-7-4-18/h1-2,5H,3-4,6-8H2,(H,14,15,16,17). The van der Waals surface area contributed by atoms with Crippen LogP contribution in [0.2, 0.25) is 5.28 Å². The summed E-state index contributed by atoms with van der Waals surface area (Å²) in [7, 11) is 0. The Morgan fingerprint density at radius 2 is 2.10 bits per heavy atom. The molecule has 0 bridgehead atoms. The topological polar surface area (TPSA) is 76.3 Å². The smallest absolute Gasteiger partial charge is 0.231 e. The summed E-state index contributed by atoms with van der Waals surface area (Å²) in [6, 6.07) is 3.70. The molecule has 1 aliphatic rings. The van der Waals surface area contributed by atoms with Gasteiger partial charge in [-0.15, -0.1) is 0 Å². The number of aromatic nitrogens is 3. The molecule has 0 aromatic carbocycles. The van der Waals surface area contributed by atoms with E-state index in [4.69, 9.17) is 20.8 Å². The maximum absolute atomic E-state index is 5.95. The molecule has 1 aliphatic heterocycles. The number of furan rings is 1. The third-order valence-electron chi connectivity index (χ3n) is 2.89. The summed E-state index contributed by atoms with van der Waals surface area (Å²) >= 11 is 5.95. The fraction of sp³-hybridized carbons (Fsp3) is 0.417. The third kappa shape index (κ3) is 3.17. The molecule has 2 aromatic rings. The number of morpholine rings is 1. The van der Waals surface area contributed by atoms with Crippen LogP contribution in [0.5, 0.6) is 0 Å². The minimum Gasteiger partial charge on any atom is -0.467 e. The van der Waals surface area contributed by atoms with Crippen molar-refractivity contribution in [2.75, 3.05) is 36.5 Å². The van der Waals surface area contributed by atoms with E-state index in [9.17, 15) is 0 Å². The SMILES string of the molecule is Clc1nc(NCc2ccco2)nc(N2CCOCC2)n1. The predicted molar refractivity (Wildman–Crippen MR) is 73.9 cm³/mol.